The van der Waals surface area contributed by atoms with Crippen LogP contribution in [0.15, 0.2) is 61.2 Å². The number of hydrogen-bond acceptors (Lipinski definition) is 3. The molecule has 1 N–H and O–H groups in total. The molecule has 0 fully saturated rings. The van der Waals surface area contributed by atoms with E-state index in [4.69, 9.17) is 4.74 Å². The van der Waals surface area contributed by atoms with Crippen molar-refractivity contribution in [3.05, 3.63) is 77.9 Å². The van der Waals surface area contributed by atoms with Gasteiger partial charge >= 0.3 is 0 Å². The van der Waals surface area contributed by atoms with Gasteiger partial charge in [0.15, 0.2) is 6.10 Å². The molecule has 2 atom stereocenters. The van der Waals surface area contributed by atoms with Gasteiger partial charge in [0.25, 0.3) is 5.91 Å². The molecule has 0 unspecified atom stereocenters. The standard InChI is InChI=1S/C26H32N2O3/c1-5-15-27-25(29)23(6-2)31-21-13-12-19-14-16-28(26(30)18(3)4)24(22(19)17-21)20-10-8-7-9-11-20/h5,7-13,17-18,23-24H,1,6,14-16H2,2-4H3,(H,27,29)/t23-,24+/m1/s1. The molecule has 0 saturated carbocycles. The van der Waals surface area contributed by atoms with Gasteiger partial charge in [-0.1, -0.05) is 63.2 Å². The average Bonchev–Trinajstić information content (AvgIpc) is 2.80. The Morgan fingerprint density at radius 3 is 2.61 bits per heavy atom. The minimum atomic E-state index is -0.579. The second-order valence-corrected chi connectivity index (χ2v) is 8.16. The minimum absolute atomic E-state index is 0.0785. The Morgan fingerprint density at radius 2 is 1.97 bits per heavy atom. The van der Waals surface area contributed by atoms with E-state index < -0.39 is 6.10 Å². The third-order valence-electron chi connectivity index (χ3n) is 5.60. The molecule has 2 aromatic rings. The Morgan fingerprint density at radius 1 is 1.23 bits per heavy atom. The molecular weight excluding hydrogens is 388 g/mol. The third kappa shape index (κ3) is 5.16. The second kappa shape index (κ2) is 10.3. The maximum absolute atomic E-state index is 13.0. The molecule has 3 rings (SSSR count). The molecular formula is C26H32N2O3. The van der Waals surface area contributed by atoms with Crippen LogP contribution in [0.5, 0.6) is 5.75 Å². The van der Waals surface area contributed by atoms with Gasteiger partial charge in [0.1, 0.15) is 5.75 Å². The number of nitrogens with one attached hydrogen (secondary N) is 1. The van der Waals surface area contributed by atoms with Crippen LogP contribution in [0.25, 0.3) is 0 Å². The lowest BCUT2D eigenvalue weighted by Gasteiger charge is -2.39. The van der Waals surface area contributed by atoms with Crippen molar-refractivity contribution in [2.75, 3.05) is 13.1 Å². The van der Waals surface area contributed by atoms with Gasteiger partial charge in [0, 0.05) is 19.0 Å². The number of benzene rings is 2. The largest absolute Gasteiger partial charge is 0.481 e. The number of nitrogens with zero attached hydrogens (tertiary/aromatic N) is 1. The molecule has 0 aliphatic carbocycles. The van der Waals surface area contributed by atoms with Gasteiger partial charge in [-0.15, -0.1) is 6.58 Å². The van der Waals surface area contributed by atoms with E-state index in [-0.39, 0.29) is 23.8 Å². The number of carbonyl (C=O) groups is 2. The third-order valence-corrected chi connectivity index (χ3v) is 5.60. The molecule has 2 amide bonds. The summed E-state index contributed by atoms with van der Waals surface area (Å²) < 4.78 is 6.07. The molecule has 0 bridgehead atoms. The van der Waals surface area contributed by atoms with Crippen LogP contribution in [0.1, 0.15) is 49.9 Å². The second-order valence-electron chi connectivity index (χ2n) is 8.16. The fourth-order valence-electron chi connectivity index (χ4n) is 4.00. The van der Waals surface area contributed by atoms with E-state index in [1.54, 1.807) is 6.08 Å². The summed E-state index contributed by atoms with van der Waals surface area (Å²) >= 11 is 0. The summed E-state index contributed by atoms with van der Waals surface area (Å²) in [5.74, 6) is 0.543. The van der Waals surface area contributed by atoms with Crippen molar-refractivity contribution >= 4 is 11.8 Å². The monoisotopic (exact) mass is 420 g/mol. The van der Waals surface area contributed by atoms with Crippen LogP contribution in [-0.2, 0) is 16.0 Å². The SMILES string of the molecule is C=CCNC(=O)[C@@H](CC)Oc1ccc2c(c1)[C@H](c1ccccc1)N(C(=O)C(C)C)CC2. The quantitative estimate of drug-likeness (QED) is 0.649. The molecule has 0 aromatic heterocycles. The van der Waals surface area contributed by atoms with Crippen molar-refractivity contribution in [3.8, 4) is 5.75 Å². The average molecular weight is 421 g/mol. The van der Waals surface area contributed by atoms with Crippen molar-refractivity contribution in [3.63, 3.8) is 0 Å². The zero-order valence-corrected chi connectivity index (χ0v) is 18.6. The van der Waals surface area contributed by atoms with E-state index in [0.29, 0.717) is 25.3 Å². The smallest absolute Gasteiger partial charge is 0.261 e. The molecule has 0 spiro atoms. The first kappa shape index (κ1) is 22.6. The number of carbonyl (C=O) groups excluding carboxylic acids is 2. The van der Waals surface area contributed by atoms with E-state index in [1.807, 2.05) is 56.0 Å². The number of fused-ring (bicyclic) bond motifs is 1. The molecule has 1 aliphatic rings. The Labute approximate surface area is 185 Å². The predicted molar refractivity (Wildman–Crippen MR) is 123 cm³/mol. The molecule has 5 heteroatoms. The van der Waals surface area contributed by atoms with Gasteiger partial charge in [-0.25, -0.2) is 0 Å². The highest BCUT2D eigenvalue weighted by Crippen LogP contribution is 2.38. The Hall–Kier alpha value is -3.08. The molecule has 1 aliphatic heterocycles. The van der Waals surface area contributed by atoms with Crippen molar-refractivity contribution in [2.45, 2.75) is 45.8 Å². The van der Waals surface area contributed by atoms with Gasteiger partial charge in [-0.2, -0.15) is 0 Å². The van der Waals surface area contributed by atoms with Gasteiger partial charge < -0.3 is 15.0 Å². The highest BCUT2D eigenvalue weighted by atomic mass is 16.5. The van der Waals surface area contributed by atoms with Crippen LogP contribution in [0.4, 0.5) is 0 Å². The van der Waals surface area contributed by atoms with Crippen LogP contribution in [0, 0.1) is 5.92 Å². The molecule has 31 heavy (non-hydrogen) atoms. The molecule has 164 valence electrons. The molecule has 1 heterocycles. The van der Waals surface area contributed by atoms with Gasteiger partial charge in [0.2, 0.25) is 5.91 Å². The normalized spacial score (nSPS) is 16.4. The fourth-order valence-corrected chi connectivity index (χ4v) is 4.00. The number of amides is 2. The van der Waals surface area contributed by atoms with Crippen molar-refractivity contribution in [1.29, 1.82) is 0 Å². The summed E-state index contributed by atoms with van der Waals surface area (Å²) in [6, 6.07) is 15.9. The lowest BCUT2D eigenvalue weighted by molar-refractivity contribution is -0.136. The van der Waals surface area contributed by atoms with Gasteiger partial charge in [-0.05, 0) is 41.7 Å². The Kier molecular flexibility index (Phi) is 7.50. The lowest BCUT2D eigenvalue weighted by Crippen LogP contribution is -2.42. The summed E-state index contributed by atoms with van der Waals surface area (Å²) in [5.41, 5.74) is 3.34. The zero-order valence-electron chi connectivity index (χ0n) is 18.6. The highest BCUT2D eigenvalue weighted by molar-refractivity contribution is 5.81. The topological polar surface area (TPSA) is 58.6 Å². The van der Waals surface area contributed by atoms with E-state index in [2.05, 4.69) is 30.1 Å². The first-order valence-electron chi connectivity index (χ1n) is 11.0. The van der Waals surface area contributed by atoms with Crippen molar-refractivity contribution in [1.82, 2.24) is 10.2 Å². The van der Waals surface area contributed by atoms with Crippen molar-refractivity contribution in [2.24, 2.45) is 5.92 Å². The van der Waals surface area contributed by atoms with E-state index in [1.165, 1.54) is 5.56 Å². The van der Waals surface area contributed by atoms with E-state index in [0.717, 1.165) is 17.5 Å². The first-order valence-corrected chi connectivity index (χ1v) is 11.0. The summed E-state index contributed by atoms with van der Waals surface area (Å²) in [6.45, 7) is 10.5. The summed E-state index contributed by atoms with van der Waals surface area (Å²) in [5, 5.41) is 2.80. The predicted octanol–water partition coefficient (Wildman–Crippen LogP) is 4.28. The fraction of sp³-hybridized carbons (Fsp3) is 0.385. The van der Waals surface area contributed by atoms with Gasteiger partial charge in [-0.3, -0.25) is 9.59 Å². The maximum Gasteiger partial charge on any atom is 0.261 e. The van der Waals surface area contributed by atoms with Crippen LogP contribution < -0.4 is 10.1 Å². The van der Waals surface area contributed by atoms with Crippen molar-refractivity contribution < 1.29 is 14.3 Å². The number of hydrogen-bond donors (Lipinski definition) is 1. The van der Waals surface area contributed by atoms with Crippen LogP contribution in [-0.4, -0.2) is 35.9 Å². The number of ether oxygens (including phenoxy) is 1. The number of rotatable bonds is 8. The molecule has 2 aromatic carbocycles. The first-order chi connectivity index (χ1) is 15.0. The van der Waals surface area contributed by atoms with Crippen LogP contribution >= 0.6 is 0 Å². The Bertz CT molecular complexity index is 924. The van der Waals surface area contributed by atoms with E-state index in [9.17, 15) is 9.59 Å². The summed E-state index contributed by atoms with van der Waals surface area (Å²) in [7, 11) is 0. The Balaban J connectivity index is 1.96. The van der Waals surface area contributed by atoms with Gasteiger partial charge in [0.05, 0.1) is 6.04 Å². The molecule has 5 nitrogen and oxygen atoms in total. The lowest BCUT2D eigenvalue weighted by atomic mass is 9.87. The van der Waals surface area contributed by atoms with E-state index >= 15 is 0 Å². The van der Waals surface area contributed by atoms with Crippen LogP contribution in [0.2, 0.25) is 0 Å². The zero-order chi connectivity index (χ0) is 22.4. The maximum atomic E-state index is 13.0. The summed E-state index contributed by atoms with van der Waals surface area (Å²) in [6.07, 6.45) is 2.42. The molecule has 0 saturated heterocycles. The minimum Gasteiger partial charge on any atom is -0.481 e. The van der Waals surface area contributed by atoms with Crippen LogP contribution in [0.3, 0.4) is 0 Å². The molecule has 0 radical (unpaired) electrons. The highest BCUT2D eigenvalue weighted by Gasteiger charge is 2.33. The summed E-state index contributed by atoms with van der Waals surface area (Å²) in [4.78, 5) is 27.4.